The molecule has 0 radical (unpaired) electrons. The lowest BCUT2D eigenvalue weighted by Crippen LogP contribution is -1.91. The van der Waals surface area contributed by atoms with Gasteiger partial charge in [-0.05, 0) is 30.6 Å². The summed E-state index contributed by atoms with van der Waals surface area (Å²) in [6.45, 7) is 0.454. The molecule has 2 aliphatic rings. The van der Waals surface area contributed by atoms with Crippen molar-refractivity contribution in [2.24, 2.45) is 17.8 Å². The van der Waals surface area contributed by atoms with E-state index in [1.807, 2.05) is 0 Å². The molecular formula is C8H14O. The first kappa shape index (κ1) is 5.72. The highest BCUT2D eigenvalue weighted by atomic mass is 16.3. The fourth-order valence-corrected chi connectivity index (χ4v) is 2.41. The first-order valence-electron chi connectivity index (χ1n) is 4.04. The molecule has 0 aromatic carbocycles. The SMILES string of the molecule is OCC1[C@H]2CCCC[C@H]12. The predicted molar refractivity (Wildman–Crippen MR) is 36.0 cm³/mol. The lowest BCUT2D eigenvalue weighted by Gasteiger charge is -2.04. The fourth-order valence-electron chi connectivity index (χ4n) is 2.41. The molecule has 0 saturated heterocycles. The Balaban J connectivity index is 1.91. The van der Waals surface area contributed by atoms with Gasteiger partial charge in [-0.1, -0.05) is 12.8 Å². The van der Waals surface area contributed by atoms with E-state index in [4.69, 9.17) is 5.11 Å². The Morgan fingerprint density at radius 3 is 2.11 bits per heavy atom. The van der Waals surface area contributed by atoms with Gasteiger partial charge in [-0.25, -0.2) is 0 Å². The lowest BCUT2D eigenvalue weighted by molar-refractivity contribution is 0.264. The minimum absolute atomic E-state index is 0.454. The van der Waals surface area contributed by atoms with E-state index in [1.54, 1.807) is 0 Å². The maximum Gasteiger partial charge on any atom is 0.0464 e. The first-order chi connectivity index (χ1) is 4.43. The second-order valence-corrected chi connectivity index (χ2v) is 3.46. The molecule has 0 bridgehead atoms. The average molecular weight is 126 g/mol. The third-order valence-corrected chi connectivity index (χ3v) is 3.04. The third-order valence-electron chi connectivity index (χ3n) is 3.04. The summed E-state index contributed by atoms with van der Waals surface area (Å²) in [6.07, 6.45) is 5.63. The number of aliphatic hydroxyl groups is 1. The first-order valence-corrected chi connectivity index (χ1v) is 4.04. The molecule has 0 aromatic rings. The predicted octanol–water partition coefficient (Wildman–Crippen LogP) is 1.41. The van der Waals surface area contributed by atoms with Gasteiger partial charge in [0.25, 0.3) is 0 Å². The summed E-state index contributed by atoms with van der Waals surface area (Å²) in [5.41, 5.74) is 0. The van der Waals surface area contributed by atoms with Gasteiger partial charge in [-0.2, -0.15) is 0 Å². The van der Waals surface area contributed by atoms with Gasteiger partial charge in [0.1, 0.15) is 0 Å². The van der Waals surface area contributed by atoms with Crippen molar-refractivity contribution in [3.8, 4) is 0 Å². The van der Waals surface area contributed by atoms with Crippen molar-refractivity contribution in [3.05, 3.63) is 0 Å². The molecule has 1 heteroatoms. The number of aliphatic hydroxyl groups excluding tert-OH is 1. The van der Waals surface area contributed by atoms with Crippen LogP contribution in [-0.2, 0) is 0 Å². The Kier molecular flexibility index (Phi) is 1.26. The number of hydrogen-bond acceptors (Lipinski definition) is 1. The van der Waals surface area contributed by atoms with Crippen LogP contribution < -0.4 is 0 Å². The highest BCUT2D eigenvalue weighted by Crippen LogP contribution is 2.54. The molecule has 2 saturated carbocycles. The van der Waals surface area contributed by atoms with Crippen molar-refractivity contribution in [3.63, 3.8) is 0 Å². The standard InChI is InChI=1S/C8H14O/c9-5-8-6-3-1-2-4-7(6)8/h6-9H,1-5H2/t6-,7-/m0/s1. The van der Waals surface area contributed by atoms with Crippen LogP contribution in [0.4, 0.5) is 0 Å². The Hall–Kier alpha value is -0.0400. The van der Waals surface area contributed by atoms with Crippen molar-refractivity contribution in [2.75, 3.05) is 6.61 Å². The van der Waals surface area contributed by atoms with Gasteiger partial charge < -0.3 is 5.11 Å². The number of fused-ring (bicyclic) bond motifs is 1. The zero-order valence-electron chi connectivity index (χ0n) is 5.71. The molecule has 0 amide bonds. The van der Waals surface area contributed by atoms with E-state index in [0.717, 1.165) is 11.8 Å². The molecule has 2 fully saturated rings. The summed E-state index contributed by atoms with van der Waals surface area (Å²) < 4.78 is 0. The molecular weight excluding hydrogens is 112 g/mol. The Morgan fingerprint density at radius 1 is 1.11 bits per heavy atom. The second kappa shape index (κ2) is 1.98. The summed E-state index contributed by atoms with van der Waals surface area (Å²) in [5.74, 6) is 2.58. The zero-order chi connectivity index (χ0) is 6.27. The number of hydrogen-bond donors (Lipinski definition) is 1. The van der Waals surface area contributed by atoms with Crippen LogP contribution in [0, 0.1) is 17.8 Å². The summed E-state index contributed by atoms with van der Waals surface area (Å²) in [7, 11) is 0. The summed E-state index contributed by atoms with van der Waals surface area (Å²) in [6, 6.07) is 0. The molecule has 2 aliphatic carbocycles. The monoisotopic (exact) mass is 126 g/mol. The maximum atomic E-state index is 8.84. The van der Waals surface area contributed by atoms with E-state index in [2.05, 4.69) is 0 Å². The van der Waals surface area contributed by atoms with E-state index >= 15 is 0 Å². The van der Waals surface area contributed by atoms with Crippen molar-refractivity contribution in [1.29, 1.82) is 0 Å². The molecule has 0 spiro atoms. The minimum Gasteiger partial charge on any atom is -0.396 e. The average Bonchev–Trinajstić information content (AvgIpc) is 2.60. The molecule has 1 N–H and O–H groups in total. The molecule has 0 unspecified atom stereocenters. The molecule has 0 aliphatic heterocycles. The van der Waals surface area contributed by atoms with Gasteiger partial charge in [0.2, 0.25) is 0 Å². The van der Waals surface area contributed by atoms with Crippen LogP contribution in [0.15, 0.2) is 0 Å². The van der Waals surface area contributed by atoms with Crippen LogP contribution in [0.25, 0.3) is 0 Å². The molecule has 0 heterocycles. The van der Waals surface area contributed by atoms with Crippen LogP contribution >= 0.6 is 0 Å². The van der Waals surface area contributed by atoms with Gasteiger partial charge in [0.15, 0.2) is 0 Å². The molecule has 2 rings (SSSR count). The van der Waals surface area contributed by atoms with E-state index in [1.165, 1.54) is 25.7 Å². The second-order valence-electron chi connectivity index (χ2n) is 3.46. The van der Waals surface area contributed by atoms with Gasteiger partial charge in [0, 0.05) is 6.61 Å². The fraction of sp³-hybridized carbons (Fsp3) is 1.00. The van der Waals surface area contributed by atoms with E-state index in [0.29, 0.717) is 12.5 Å². The number of rotatable bonds is 1. The molecule has 1 nitrogen and oxygen atoms in total. The minimum atomic E-state index is 0.454. The third kappa shape index (κ3) is 0.787. The maximum absolute atomic E-state index is 8.84. The lowest BCUT2D eigenvalue weighted by atomic mass is 10.0. The zero-order valence-corrected chi connectivity index (χ0v) is 5.71. The highest BCUT2D eigenvalue weighted by Gasteiger charge is 2.49. The summed E-state index contributed by atoms with van der Waals surface area (Å²) in [4.78, 5) is 0. The smallest absolute Gasteiger partial charge is 0.0464 e. The van der Waals surface area contributed by atoms with Crippen molar-refractivity contribution in [1.82, 2.24) is 0 Å². The Labute approximate surface area is 56.1 Å². The quantitative estimate of drug-likeness (QED) is 0.563. The van der Waals surface area contributed by atoms with Crippen LogP contribution in [0.5, 0.6) is 0 Å². The van der Waals surface area contributed by atoms with Gasteiger partial charge >= 0.3 is 0 Å². The highest BCUT2D eigenvalue weighted by molar-refractivity contribution is 4.98. The van der Waals surface area contributed by atoms with E-state index in [9.17, 15) is 0 Å². The van der Waals surface area contributed by atoms with Crippen LogP contribution in [0.1, 0.15) is 25.7 Å². The summed E-state index contributed by atoms with van der Waals surface area (Å²) >= 11 is 0. The van der Waals surface area contributed by atoms with E-state index in [-0.39, 0.29) is 0 Å². The largest absolute Gasteiger partial charge is 0.396 e. The Bertz CT molecular complexity index is 92.4. The molecule has 52 valence electrons. The summed E-state index contributed by atoms with van der Waals surface area (Å²) in [5, 5.41) is 8.84. The molecule has 9 heavy (non-hydrogen) atoms. The van der Waals surface area contributed by atoms with Gasteiger partial charge in [0.05, 0.1) is 0 Å². The van der Waals surface area contributed by atoms with Crippen LogP contribution in [0.2, 0.25) is 0 Å². The van der Waals surface area contributed by atoms with Crippen LogP contribution in [0.3, 0.4) is 0 Å². The van der Waals surface area contributed by atoms with Crippen molar-refractivity contribution in [2.45, 2.75) is 25.7 Å². The Morgan fingerprint density at radius 2 is 1.67 bits per heavy atom. The van der Waals surface area contributed by atoms with Gasteiger partial charge in [-0.15, -0.1) is 0 Å². The van der Waals surface area contributed by atoms with Crippen molar-refractivity contribution >= 4 is 0 Å². The molecule has 0 aromatic heterocycles. The molecule has 2 atom stereocenters. The van der Waals surface area contributed by atoms with Crippen LogP contribution in [-0.4, -0.2) is 11.7 Å². The topological polar surface area (TPSA) is 20.2 Å². The van der Waals surface area contributed by atoms with Gasteiger partial charge in [-0.3, -0.25) is 0 Å². The van der Waals surface area contributed by atoms with Crippen molar-refractivity contribution < 1.29 is 5.11 Å². The normalized spacial score (nSPS) is 48.3. The van der Waals surface area contributed by atoms with E-state index < -0.39 is 0 Å².